The zero-order valence-corrected chi connectivity index (χ0v) is 13.3. The number of carbonyl (C=O) groups is 1. The third-order valence-electron chi connectivity index (χ3n) is 3.55. The molecule has 0 saturated heterocycles. The normalized spacial score (nSPS) is 10.1. The van der Waals surface area contributed by atoms with Gasteiger partial charge in [0, 0.05) is 6.54 Å². The number of ether oxygens (including phenoxy) is 1. The summed E-state index contributed by atoms with van der Waals surface area (Å²) in [5.41, 5.74) is 4.51. The molecular formula is C18H22N2O2. The fraction of sp³-hybridized carbons (Fsp3) is 0.278. The zero-order valence-electron chi connectivity index (χ0n) is 13.3. The lowest BCUT2D eigenvalue weighted by Crippen LogP contribution is -2.37. The summed E-state index contributed by atoms with van der Waals surface area (Å²) in [7, 11) is 0. The molecule has 2 aromatic rings. The van der Waals surface area contributed by atoms with Crippen LogP contribution >= 0.6 is 0 Å². The van der Waals surface area contributed by atoms with E-state index in [1.165, 1.54) is 11.1 Å². The van der Waals surface area contributed by atoms with Crippen molar-refractivity contribution in [2.24, 2.45) is 0 Å². The number of hydrogen-bond donors (Lipinski definition) is 2. The Bertz CT molecular complexity index is 653. The molecule has 0 bridgehead atoms. The van der Waals surface area contributed by atoms with Gasteiger partial charge in [-0.05, 0) is 43.5 Å². The van der Waals surface area contributed by atoms with Gasteiger partial charge in [-0.2, -0.15) is 0 Å². The molecule has 2 aromatic carbocycles. The Hall–Kier alpha value is -2.49. The van der Waals surface area contributed by atoms with Gasteiger partial charge in [-0.15, -0.1) is 0 Å². The van der Waals surface area contributed by atoms with E-state index in [4.69, 9.17) is 4.74 Å². The van der Waals surface area contributed by atoms with Crippen molar-refractivity contribution in [1.29, 1.82) is 0 Å². The Balaban J connectivity index is 1.75. The van der Waals surface area contributed by atoms with Crippen LogP contribution in [-0.4, -0.2) is 12.8 Å². The highest BCUT2D eigenvalue weighted by Gasteiger charge is 2.03. The van der Waals surface area contributed by atoms with E-state index in [0.717, 1.165) is 16.9 Å². The van der Waals surface area contributed by atoms with Crippen molar-refractivity contribution < 1.29 is 9.53 Å². The monoisotopic (exact) mass is 298 g/mol. The van der Waals surface area contributed by atoms with Crippen LogP contribution in [0.15, 0.2) is 42.5 Å². The van der Waals surface area contributed by atoms with E-state index < -0.39 is 0 Å². The number of aryl methyl sites for hydroxylation is 2. The minimum absolute atomic E-state index is 0.143. The highest BCUT2D eigenvalue weighted by atomic mass is 16.5. The molecule has 116 valence electrons. The summed E-state index contributed by atoms with van der Waals surface area (Å²) < 4.78 is 5.59. The predicted molar refractivity (Wildman–Crippen MR) is 88.0 cm³/mol. The fourth-order valence-electron chi connectivity index (χ4n) is 2.13. The van der Waals surface area contributed by atoms with Crippen LogP contribution in [0, 0.1) is 20.8 Å². The van der Waals surface area contributed by atoms with Crippen molar-refractivity contribution in [2.75, 3.05) is 6.73 Å². The number of amides is 2. The SMILES string of the molecule is Cc1cccc(CNC(=O)NCOc2cccc(C)c2C)c1. The summed E-state index contributed by atoms with van der Waals surface area (Å²) in [5.74, 6) is 0.791. The summed E-state index contributed by atoms with van der Waals surface area (Å²) in [5, 5.41) is 5.50. The first-order valence-corrected chi connectivity index (χ1v) is 7.32. The smallest absolute Gasteiger partial charge is 0.317 e. The topological polar surface area (TPSA) is 50.4 Å². The largest absolute Gasteiger partial charge is 0.473 e. The molecule has 2 N–H and O–H groups in total. The fourth-order valence-corrected chi connectivity index (χ4v) is 2.13. The first-order valence-electron chi connectivity index (χ1n) is 7.32. The van der Waals surface area contributed by atoms with Crippen molar-refractivity contribution in [3.63, 3.8) is 0 Å². The van der Waals surface area contributed by atoms with Crippen molar-refractivity contribution in [2.45, 2.75) is 27.3 Å². The lowest BCUT2D eigenvalue weighted by molar-refractivity contribution is 0.223. The van der Waals surface area contributed by atoms with Crippen molar-refractivity contribution >= 4 is 6.03 Å². The van der Waals surface area contributed by atoms with Crippen LogP contribution in [0.3, 0.4) is 0 Å². The molecule has 0 aliphatic carbocycles. The van der Waals surface area contributed by atoms with Crippen LogP contribution in [0.5, 0.6) is 5.75 Å². The molecule has 22 heavy (non-hydrogen) atoms. The number of carbonyl (C=O) groups excluding carboxylic acids is 1. The molecule has 0 aliphatic rings. The van der Waals surface area contributed by atoms with Crippen molar-refractivity contribution in [3.8, 4) is 5.75 Å². The van der Waals surface area contributed by atoms with Crippen LogP contribution in [-0.2, 0) is 6.54 Å². The highest BCUT2D eigenvalue weighted by Crippen LogP contribution is 2.19. The van der Waals surface area contributed by atoms with E-state index in [0.29, 0.717) is 6.54 Å². The summed E-state index contributed by atoms with van der Waals surface area (Å²) in [6.07, 6.45) is 0. The molecule has 4 nitrogen and oxygen atoms in total. The standard InChI is InChI=1S/C18H22N2O2/c1-13-6-4-8-16(10-13)11-19-18(21)20-12-22-17-9-5-7-14(2)15(17)3/h4-10H,11-12H2,1-3H3,(H2,19,20,21). The minimum Gasteiger partial charge on any atom is -0.473 e. The Morgan fingerprint density at radius 2 is 1.82 bits per heavy atom. The first-order chi connectivity index (χ1) is 10.6. The molecule has 0 saturated carbocycles. The number of rotatable bonds is 5. The van der Waals surface area contributed by atoms with Gasteiger partial charge in [0.25, 0.3) is 0 Å². The Labute approximate surface area is 131 Å². The number of hydrogen-bond acceptors (Lipinski definition) is 2. The molecule has 0 radical (unpaired) electrons. The third kappa shape index (κ3) is 4.52. The lowest BCUT2D eigenvalue weighted by atomic mass is 10.1. The van der Waals surface area contributed by atoms with E-state index >= 15 is 0 Å². The van der Waals surface area contributed by atoms with Gasteiger partial charge < -0.3 is 15.4 Å². The molecule has 2 amide bonds. The second kappa shape index (κ2) is 7.50. The molecule has 0 heterocycles. The van der Waals surface area contributed by atoms with Crippen molar-refractivity contribution in [1.82, 2.24) is 10.6 Å². The van der Waals surface area contributed by atoms with Gasteiger partial charge in [-0.1, -0.05) is 42.0 Å². The van der Waals surface area contributed by atoms with E-state index in [2.05, 4.69) is 10.6 Å². The highest BCUT2D eigenvalue weighted by molar-refractivity contribution is 5.73. The van der Waals surface area contributed by atoms with Gasteiger partial charge in [-0.3, -0.25) is 0 Å². The van der Waals surface area contributed by atoms with Gasteiger partial charge in [0.15, 0.2) is 6.73 Å². The molecule has 0 spiro atoms. The average Bonchev–Trinajstić information content (AvgIpc) is 2.49. The maximum Gasteiger partial charge on any atom is 0.317 e. The summed E-state index contributed by atoms with van der Waals surface area (Å²) in [4.78, 5) is 11.7. The maximum absolute atomic E-state index is 11.7. The van der Waals surface area contributed by atoms with Gasteiger partial charge in [0.05, 0.1) is 0 Å². The summed E-state index contributed by atoms with van der Waals surface area (Å²) in [6, 6.07) is 13.7. The lowest BCUT2D eigenvalue weighted by Gasteiger charge is -2.12. The van der Waals surface area contributed by atoms with Crippen LogP contribution in [0.1, 0.15) is 22.3 Å². The van der Waals surface area contributed by atoms with Gasteiger partial charge >= 0.3 is 6.03 Å². The number of benzene rings is 2. The van der Waals surface area contributed by atoms with Crippen molar-refractivity contribution in [3.05, 3.63) is 64.7 Å². The number of nitrogens with one attached hydrogen (secondary N) is 2. The van der Waals surface area contributed by atoms with Crippen LogP contribution in [0.2, 0.25) is 0 Å². The van der Waals surface area contributed by atoms with E-state index in [1.54, 1.807) is 0 Å². The third-order valence-corrected chi connectivity index (χ3v) is 3.55. The molecule has 0 fully saturated rings. The van der Waals surface area contributed by atoms with Crippen LogP contribution in [0.4, 0.5) is 4.79 Å². The number of urea groups is 1. The quantitative estimate of drug-likeness (QED) is 0.831. The molecule has 0 aromatic heterocycles. The Morgan fingerprint density at radius 3 is 2.59 bits per heavy atom. The van der Waals surface area contributed by atoms with Crippen LogP contribution in [0.25, 0.3) is 0 Å². The molecular weight excluding hydrogens is 276 g/mol. The molecule has 4 heteroatoms. The second-order valence-corrected chi connectivity index (χ2v) is 5.34. The van der Waals surface area contributed by atoms with Gasteiger partial charge in [0.1, 0.15) is 5.75 Å². The minimum atomic E-state index is -0.244. The molecule has 0 unspecified atom stereocenters. The Kier molecular flexibility index (Phi) is 5.42. The second-order valence-electron chi connectivity index (χ2n) is 5.34. The molecule has 0 aliphatic heterocycles. The molecule has 2 rings (SSSR count). The maximum atomic E-state index is 11.7. The Morgan fingerprint density at radius 1 is 1.05 bits per heavy atom. The predicted octanol–water partition coefficient (Wildman–Crippen LogP) is 3.45. The van der Waals surface area contributed by atoms with E-state index in [9.17, 15) is 4.79 Å². The average molecular weight is 298 g/mol. The zero-order chi connectivity index (χ0) is 15.9. The van der Waals surface area contributed by atoms with E-state index in [1.807, 2.05) is 63.2 Å². The summed E-state index contributed by atoms with van der Waals surface area (Å²) >= 11 is 0. The summed E-state index contributed by atoms with van der Waals surface area (Å²) in [6.45, 7) is 6.70. The molecule has 0 atom stereocenters. The first kappa shape index (κ1) is 15.9. The van der Waals surface area contributed by atoms with Gasteiger partial charge in [-0.25, -0.2) is 4.79 Å². The van der Waals surface area contributed by atoms with E-state index in [-0.39, 0.29) is 12.8 Å². The van der Waals surface area contributed by atoms with Crippen LogP contribution < -0.4 is 15.4 Å². The van der Waals surface area contributed by atoms with Gasteiger partial charge in [0.2, 0.25) is 0 Å².